The molecule has 1 aliphatic rings. The second kappa shape index (κ2) is 10.6. The summed E-state index contributed by atoms with van der Waals surface area (Å²) in [5.74, 6) is 1.15. The van der Waals surface area contributed by atoms with E-state index < -0.39 is 0 Å². The lowest BCUT2D eigenvalue weighted by atomic mass is 10.0. The number of fused-ring (bicyclic) bond motifs is 1. The van der Waals surface area contributed by atoms with Crippen molar-refractivity contribution in [1.82, 2.24) is 25.7 Å². The van der Waals surface area contributed by atoms with Crippen LogP contribution in [0, 0.1) is 0 Å². The smallest absolute Gasteiger partial charge is 0.257 e. The maximum absolute atomic E-state index is 12.9. The number of nitrogens with one attached hydrogen (secondary N) is 3. The third-order valence-corrected chi connectivity index (χ3v) is 5.72. The molecule has 0 saturated carbocycles. The van der Waals surface area contributed by atoms with Crippen LogP contribution in [0.1, 0.15) is 36.7 Å². The van der Waals surface area contributed by atoms with Crippen molar-refractivity contribution in [3.63, 3.8) is 0 Å². The summed E-state index contributed by atoms with van der Waals surface area (Å²) in [4.78, 5) is 24.0. The number of carbonyl (C=O) groups is 1. The summed E-state index contributed by atoms with van der Waals surface area (Å²) >= 11 is 0. The molecule has 1 amide bonds. The van der Waals surface area contributed by atoms with Crippen molar-refractivity contribution in [1.29, 1.82) is 0 Å². The molecule has 8 heteroatoms. The van der Waals surface area contributed by atoms with E-state index in [-0.39, 0.29) is 5.91 Å². The number of benzene rings is 1. The van der Waals surface area contributed by atoms with E-state index in [1.54, 1.807) is 18.5 Å². The van der Waals surface area contributed by atoms with Crippen LogP contribution in [0.3, 0.4) is 0 Å². The molecule has 0 radical (unpaired) electrons. The molecular weight excluding hydrogens is 426 g/mol. The molecule has 8 nitrogen and oxygen atoms in total. The number of carbonyl (C=O) groups excluding carboxylic acids is 1. The van der Waals surface area contributed by atoms with Crippen molar-refractivity contribution in [2.24, 2.45) is 0 Å². The second-order valence-electron chi connectivity index (χ2n) is 8.93. The van der Waals surface area contributed by atoms with Gasteiger partial charge in [-0.3, -0.25) is 4.79 Å². The van der Waals surface area contributed by atoms with Crippen LogP contribution in [0.2, 0.25) is 0 Å². The maximum Gasteiger partial charge on any atom is 0.257 e. The largest absolute Gasteiger partial charge is 0.354 e. The van der Waals surface area contributed by atoms with Crippen LogP contribution < -0.4 is 21.0 Å². The number of hydrazine groups is 1. The number of piperazine rings is 1. The zero-order valence-corrected chi connectivity index (χ0v) is 20.3. The topological polar surface area (TPSA) is 85.4 Å². The molecule has 3 heterocycles. The number of hydrogen-bond acceptors (Lipinski definition) is 7. The number of anilines is 2. The fraction of sp³-hybridized carbons (Fsp3) is 0.346. The Bertz CT molecular complexity index is 1180. The lowest BCUT2D eigenvalue weighted by Crippen LogP contribution is -2.43. The Labute approximate surface area is 201 Å². The van der Waals surface area contributed by atoms with E-state index in [4.69, 9.17) is 0 Å². The van der Waals surface area contributed by atoms with Gasteiger partial charge in [0, 0.05) is 68.8 Å². The Morgan fingerprint density at radius 2 is 1.88 bits per heavy atom. The van der Waals surface area contributed by atoms with Crippen LogP contribution in [-0.4, -0.2) is 60.2 Å². The molecule has 0 aliphatic carbocycles. The maximum atomic E-state index is 12.9. The van der Waals surface area contributed by atoms with Crippen molar-refractivity contribution in [2.45, 2.75) is 26.8 Å². The zero-order valence-electron chi connectivity index (χ0n) is 20.3. The molecule has 178 valence electrons. The summed E-state index contributed by atoms with van der Waals surface area (Å²) in [6.45, 7) is 9.89. The number of aromatic nitrogens is 2. The first kappa shape index (κ1) is 23.7. The van der Waals surface area contributed by atoms with Gasteiger partial charge in [-0.25, -0.2) is 15.4 Å². The Hall–Kier alpha value is -3.49. The van der Waals surface area contributed by atoms with E-state index in [9.17, 15) is 4.79 Å². The van der Waals surface area contributed by atoms with Gasteiger partial charge in [0.15, 0.2) is 0 Å². The first-order valence-corrected chi connectivity index (χ1v) is 11.7. The van der Waals surface area contributed by atoms with Gasteiger partial charge in [-0.2, -0.15) is 0 Å². The molecule has 1 fully saturated rings. The van der Waals surface area contributed by atoms with Gasteiger partial charge in [-0.1, -0.05) is 12.1 Å². The van der Waals surface area contributed by atoms with Crippen molar-refractivity contribution >= 4 is 33.9 Å². The number of amides is 1. The van der Waals surface area contributed by atoms with Crippen molar-refractivity contribution < 1.29 is 4.79 Å². The molecule has 0 atom stereocenters. The average molecular weight is 460 g/mol. The first-order valence-electron chi connectivity index (χ1n) is 11.7. The molecule has 0 unspecified atom stereocenters. The monoisotopic (exact) mass is 459 g/mol. The molecule has 0 spiro atoms. The summed E-state index contributed by atoms with van der Waals surface area (Å²) < 4.78 is 0. The normalized spacial score (nSPS) is 14.5. The van der Waals surface area contributed by atoms with Crippen LogP contribution in [0.4, 0.5) is 11.6 Å². The number of nitrogens with zero attached hydrogens (tertiary/aromatic N) is 4. The van der Waals surface area contributed by atoms with Gasteiger partial charge < -0.3 is 20.5 Å². The van der Waals surface area contributed by atoms with E-state index in [1.807, 2.05) is 24.2 Å². The number of hydrogen-bond donors (Lipinski definition) is 3. The lowest BCUT2D eigenvalue weighted by molar-refractivity contribution is 0.102. The summed E-state index contributed by atoms with van der Waals surface area (Å²) in [6, 6.07) is 12.1. The highest BCUT2D eigenvalue weighted by Crippen LogP contribution is 2.23. The van der Waals surface area contributed by atoms with Crippen molar-refractivity contribution in [3.05, 3.63) is 66.1 Å². The van der Waals surface area contributed by atoms with Gasteiger partial charge >= 0.3 is 0 Å². The summed E-state index contributed by atoms with van der Waals surface area (Å²) in [6.07, 6.45) is 5.55. The van der Waals surface area contributed by atoms with Crippen LogP contribution in [0.15, 0.2) is 55.0 Å². The van der Waals surface area contributed by atoms with Gasteiger partial charge in [0.2, 0.25) is 0 Å². The van der Waals surface area contributed by atoms with E-state index in [0.29, 0.717) is 17.4 Å². The molecule has 0 bridgehead atoms. The first-order chi connectivity index (χ1) is 16.4. The molecule has 4 rings (SSSR count). The van der Waals surface area contributed by atoms with Gasteiger partial charge in [0.1, 0.15) is 11.6 Å². The summed E-state index contributed by atoms with van der Waals surface area (Å²) in [5, 5.41) is 10.3. The SMILES string of the molecule is C/C(=C\N(C)NC(C)C)c1ccc2cnc(NC(=O)c3ccnc(N4CCNCC4)c3)cc2c1. The Morgan fingerprint density at radius 3 is 2.65 bits per heavy atom. The Morgan fingerprint density at radius 1 is 1.09 bits per heavy atom. The molecule has 1 aromatic carbocycles. The highest BCUT2D eigenvalue weighted by atomic mass is 16.1. The fourth-order valence-electron chi connectivity index (χ4n) is 4.08. The minimum atomic E-state index is -0.195. The number of allylic oxidation sites excluding steroid dienone is 1. The van der Waals surface area contributed by atoms with Gasteiger partial charge in [-0.05, 0) is 61.6 Å². The minimum Gasteiger partial charge on any atom is -0.354 e. The van der Waals surface area contributed by atoms with Gasteiger partial charge in [-0.15, -0.1) is 0 Å². The standard InChI is InChI=1S/C26H33N7O/c1-18(2)31-32(4)17-19(3)20-5-6-22-16-29-24(14-23(22)13-20)30-26(34)21-7-8-28-25(15-21)33-11-9-27-10-12-33/h5-8,13-18,27,31H,9-12H2,1-4H3,(H,29,30,34)/b19-17+. The quantitative estimate of drug-likeness (QED) is 0.466. The van der Waals surface area contributed by atoms with Crippen molar-refractivity contribution in [2.75, 3.05) is 43.4 Å². The molecule has 3 aromatic rings. The van der Waals surface area contributed by atoms with Crippen LogP contribution in [-0.2, 0) is 0 Å². The Kier molecular flexibility index (Phi) is 7.40. The highest BCUT2D eigenvalue weighted by molar-refractivity contribution is 6.05. The van der Waals surface area contributed by atoms with Gasteiger partial charge in [0.05, 0.1) is 0 Å². The Balaban J connectivity index is 1.51. The average Bonchev–Trinajstić information content (AvgIpc) is 2.83. The lowest BCUT2D eigenvalue weighted by Gasteiger charge is -2.28. The summed E-state index contributed by atoms with van der Waals surface area (Å²) in [5.41, 5.74) is 6.16. The predicted molar refractivity (Wildman–Crippen MR) is 139 cm³/mol. The highest BCUT2D eigenvalue weighted by Gasteiger charge is 2.15. The third kappa shape index (κ3) is 5.89. The molecule has 1 aliphatic heterocycles. The van der Waals surface area contributed by atoms with Gasteiger partial charge in [0.25, 0.3) is 5.91 Å². The zero-order chi connectivity index (χ0) is 24.1. The molecule has 2 aromatic heterocycles. The predicted octanol–water partition coefficient (Wildman–Crippen LogP) is 3.50. The number of pyridine rings is 2. The second-order valence-corrected chi connectivity index (χ2v) is 8.93. The molecule has 3 N–H and O–H groups in total. The van der Waals surface area contributed by atoms with Crippen LogP contribution in [0.5, 0.6) is 0 Å². The fourth-order valence-corrected chi connectivity index (χ4v) is 4.08. The van der Waals surface area contributed by atoms with E-state index in [2.05, 4.69) is 76.1 Å². The van der Waals surface area contributed by atoms with Crippen molar-refractivity contribution in [3.8, 4) is 0 Å². The van der Waals surface area contributed by atoms with E-state index in [0.717, 1.165) is 53.9 Å². The van der Waals surface area contributed by atoms with E-state index >= 15 is 0 Å². The molecular formula is C26H33N7O. The minimum absolute atomic E-state index is 0.195. The van der Waals surface area contributed by atoms with Crippen LogP contribution >= 0.6 is 0 Å². The molecule has 34 heavy (non-hydrogen) atoms. The number of rotatable bonds is 7. The third-order valence-electron chi connectivity index (χ3n) is 5.72. The summed E-state index contributed by atoms with van der Waals surface area (Å²) in [7, 11) is 1.99. The van der Waals surface area contributed by atoms with E-state index in [1.165, 1.54) is 0 Å². The molecule has 1 saturated heterocycles. The van der Waals surface area contributed by atoms with Crippen LogP contribution in [0.25, 0.3) is 16.3 Å².